The summed E-state index contributed by atoms with van der Waals surface area (Å²) in [6.45, 7) is 4.00. The maximum Gasteiger partial charge on any atom is 0.230 e. The molecule has 2 heterocycles. The fourth-order valence-corrected chi connectivity index (χ4v) is 4.20. The Hall–Kier alpha value is -3.05. The van der Waals surface area contributed by atoms with E-state index in [9.17, 15) is 14.9 Å². The number of nitrogens with zero attached hydrogens (tertiary/aromatic N) is 2. The van der Waals surface area contributed by atoms with Crippen LogP contribution >= 0.6 is 11.3 Å². The lowest BCUT2D eigenvalue weighted by molar-refractivity contribution is -0.122. The molecule has 1 atom stereocenters. The van der Waals surface area contributed by atoms with Crippen molar-refractivity contribution in [2.75, 3.05) is 31.0 Å². The van der Waals surface area contributed by atoms with Crippen molar-refractivity contribution in [1.82, 2.24) is 0 Å². The van der Waals surface area contributed by atoms with Gasteiger partial charge < -0.3 is 19.7 Å². The van der Waals surface area contributed by atoms with Gasteiger partial charge in [0.2, 0.25) is 11.8 Å². The summed E-state index contributed by atoms with van der Waals surface area (Å²) in [7, 11) is 3.08. The zero-order valence-corrected chi connectivity index (χ0v) is 17.0. The molecule has 0 bridgehead atoms. The van der Waals surface area contributed by atoms with E-state index in [0.29, 0.717) is 27.8 Å². The van der Waals surface area contributed by atoms with Gasteiger partial charge >= 0.3 is 0 Å². The van der Waals surface area contributed by atoms with E-state index in [1.54, 1.807) is 30.2 Å². The van der Waals surface area contributed by atoms with Crippen LogP contribution in [0.1, 0.15) is 22.4 Å². The van der Waals surface area contributed by atoms with Crippen molar-refractivity contribution in [2.24, 2.45) is 5.92 Å². The van der Waals surface area contributed by atoms with Gasteiger partial charge in [-0.05, 0) is 31.5 Å². The van der Waals surface area contributed by atoms with Gasteiger partial charge in [-0.1, -0.05) is 0 Å². The number of nitrogens with one attached hydrogen (secondary N) is 1. The Morgan fingerprint density at radius 2 is 2.07 bits per heavy atom. The molecule has 1 aliphatic heterocycles. The topological polar surface area (TPSA) is 91.7 Å². The predicted molar refractivity (Wildman–Crippen MR) is 107 cm³/mol. The number of methoxy groups -OCH3 is 2. The predicted octanol–water partition coefficient (Wildman–Crippen LogP) is 3.25. The molecule has 1 aromatic heterocycles. The molecule has 0 spiro atoms. The van der Waals surface area contributed by atoms with E-state index >= 15 is 0 Å². The first-order chi connectivity index (χ1) is 13.4. The lowest BCUT2D eigenvalue weighted by Crippen LogP contribution is -2.28. The van der Waals surface area contributed by atoms with Gasteiger partial charge in [0.25, 0.3) is 0 Å². The lowest BCUT2D eigenvalue weighted by Gasteiger charge is -2.20. The Labute approximate surface area is 167 Å². The number of hydrogen-bond donors (Lipinski definition) is 1. The van der Waals surface area contributed by atoms with E-state index in [4.69, 9.17) is 9.47 Å². The number of benzene rings is 1. The van der Waals surface area contributed by atoms with Gasteiger partial charge in [0.15, 0.2) is 0 Å². The molecule has 2 aromatic rings. The summed E-state index contributed by atoms with van der Waals surface area (Å²) in [6, 6.07) is 7.33. The number of ether oxygens (including phenoxy) is 2. The SMILES string of the molecule is COc1ccc(OC)c(N2C[C@@H](C(=O)Nc3sc(C)c(C)c3C#N)CC2=O)c1. The summed E-state index contributed by atoms with van der Waals surface area (Å²) >= 11 is 1.37. The minimum Gasteiger partial charge on any atom is -0.497 e. The Morgan fingerprint density at radius 3 is 2.71 bits per heavy atom. The molecule has 0 unspecified atom stereocenters. The number of carbonyl (C=O) groups is 2. The average Bonchev–Trinajstić information content (AvgIpc) is 3.20. The van der Waals surface area contributed by atoms with Crippen molar-refractivity contribution in [3.8, 4) is 17.6 Å². The highest BCUT2D eigenvalue weighted by molar-refractivity contribution is 7.16. The molecule has 2 amide bonds. The molecule has 3 rings (SSSR count). The van der Waals surface area contributed by atoms with Crippen molar-refractivity contribution in [1.29, 1.82) is 5.26 Å². The van der Waals surface area contributed by atoms with Crippen LogP contribution in [0.2, 0.25) is 0 Å². The quantitative estimate of drug-likeness (QED) is 0.833. The van der Waals surface area contributed by atoms with Crippen LogP contribution in [-0.4, -0.2) is 32.6 Å². The number of anilines is 2. The van der Waals surface area contributed by atoms with Crippen LogP contribution in [0, 0.1) is 31.1 Å². The number of amides is 2. The number of thiophene rings is 1. The minimum absolute atomic E-state index is 0.0947. The van der Waals surface area contributed by atoms with Crippen molar-refractivity contribution >= 4 is 33.8 Å². The molecular weight excluding hydrogens is 378 g/mol. The third-order valence-electron chi connectivity index (χ3n) is 4.91. The maximum atomic E-state index is 12.8. The number of aryl methyl sites for hydroxylation is 1. The van der Waals surface area contributed by atoms with E-state index < -0.39 is 5.92 Å². The Bertz CT molecular complexity index is 977. The third-order valence-corrected chi connectivity index (χ3v) is 6.03. The molecule has 0 aliphatic carbocycles. The molecule has 28 heavy (non-hydrogen) atoms. The molecule has 1 aromatic carbocycles. The monoisotopic (exact) mass is 399 g/mol. The van der Waals surface area contributed by atoms with E-state index in [1.807, 2.05) is 13.8 Å². The fraction of sp³-hybridized carbons (Fsp3) is 0.350. The molecule has 0 saturated carbocycles. The summed E-state index contributed by atoms with van der Waals surface area (Å²) < 4.78 is 10.6. The zero-order valence-electron chi connectivity index (χ0n) is 16.2. The first-order valence-electron chi connectivity index (χ1n) is 8.73. The second-order valence-corrected chi connectivity index (χ2v) is 7.76. The van der Waals surface area contributed by atoms with Gasteiger partial charge in [0, 0.05) is 23.9 Å². The number of hydrogen-bond acceptors (Lipinski definition) is 6. The Balaban J connectivity index is 1.81. The molecule has 0 radical (unpaired) electrons. The molecule has 1 N–H and O–H groups in total. The van der Waals surface area contributed by atoms with Gasteiger partial charge in [0.1, 0.15) is 22.6 Å². The van der Waals surface area contributed by atoms with E-state index in [-0.39, 0.29) is 24.8 Å². The smallest absolute Gasteiger partial charge is 0.230 e. The van der Waals surface area contributed by atoms with Crippen molar-refractivity contribution < 1.29 is 19.1 Å². The summed E-state index contributed by atoms with van der Waals surface area (Å²) in [5.41, 5.74) is 1.92. The molecular formula is C20H21N3O4S. The first-order valence-corrected chi connectivity index (χ1v) is 9.54. The van der Waals surface area contributed by atoms with Crippen LogP contribution < -0.4 is 19.7 Å². The van der Waals surface area contributed by atoms with E-state index in [2.05, 4.69) is 11.4 Å². The normalized spacial score (nSPS) is 16.0. The van der Waals surface area contributed by atoms with E-state index in [1.165, 1.54) is 18.4 Å². The average molecular weight is 399 g/mol. The zero-order chi connectivity index (χ0) is 20.4. The van der Waals surface area contributed by atoms with Crippen LogP contribution in [0.4, 0.5) is 10.7 Å². The summed E-state index contributed by atoms with van der Waals surface area (Å²) in [6.07, 6.45) is 0.0947. The minimum atomic E-state index is -0.516. The first kappa shape index (κ1) is 19.7. The molecule has 7 nitrogen and oxygen atoms in total. The van der Waals surface area contributed by atoms with Crippen LogP contribution in [0.15, 0.2) is 18.2 Å². The molecule has 146 valence electrons. The van der Waals surface area contributed by atoms with Gasteiger partial charge in [-0.15, -0.1) is 11.3 Å². The largest absolute Gasteiger partial charge is 0.497 e. The lowest BCUT2D eigenvalue weighted by atomic mass is 10.1. The molecule has 1 saturated heterocycles. The van der Waals surface area contributed by atoms with Crippen LogP contribution in [0.5, 0.6) is 11.5 Å². The number of rotatable bonds is 5. The summed E-state index contributed by atoms with van der Waals surface area (Å²) in [4.78, 5) is 27.9. The van der Waals surface area contributed by atoms with Crippen molar-refractivity contribution in [2.45, 2.75) is 20.3 Å². The van der Waals surface area contributed by atoms with Crippen molar-refractivity contribution in [3.63, 3.8) is 0 Å². The Morgan fingerprint density at radius 1 is 1.32 bits per heavy atom. The highest BCUT2D eigenvalue weighted by Crippen LogP contribution is 2.37. The van der Waals surface area contributed by atoms with Crippen LogP contribution in [0.3, 0.4) is 0 Å². The molecule has 1 fully saturated rings. The number of nitriles is 1. The second kappa shape index (κ2) is 7.90. The maximum absolute atomic E-state index is 12.8. The van der Waals surface area contributed by atoms with Crippen LogP contribution in [0.25, 0.3) is 0 Å². The van der Waals surface area contributed by atoms with Gasteiger partial charge in [-0.2, -0.15) is 5.26 Å². The fourth-order valence-electron chi connectivity index (χ4n) is 3.19. The highest BCUT2D eigenvalue weighted by atomic mass is 32.1. The third kappa shape index (κ3) is 3.53. The Kier molecular flexibility index (Phi) is 5.56. The van der Waals surface area contributed by atoms with E-state index in [0.717, 1.165) is 10.4 Å². The highest BCUT2D eigenvalue weighted by Gasteiger charge is 2.37. The summed E-state index contributed by atoms with van der Waals surface area (Å²) in [5.74, 6) is 0.185. The summed E-state index contributed by atoms with van der Waals surface area (Å²) in [5, 5.41) is 12.7. The standard InChI is InChI=1S/C20H21N3O4S/c1-11-12(2)28-20(15(11)9-21)22-19(25)13-7-18(24)23(10-13)16-8-14(26-3)5-6-17(16)27-4/h5-6,8,13H,7,10H2,1-4H3,(H,22,25)/t13-/m0/s1. The van der Waals surface area contributed by atoms with Gasteiger partial charge in [-0.25, -0.2) is 0 Å². The van der Waals surface area contributed by atoms with Gasteiger partial charge in [-0.3, -0.25) is 9.59 Å². The number of carbonyl (C=O) groups excluding carboxylic acids is 2. The van der Waals surface area contributed by atoms with Gasteiger partial charge in [0.05, 0.1) is 31.4 Å². The van der Waals surface area contributed by atoms with Crippen molar-refractivity contribution in [3.05, 3.63) is 34.2 Å². The van der Waals surface area contributed by atoms with Crippen LogP contribution in [-0.2, 0) is 9.59 Å². The molecule has 1 aliphatic rings. The molecule has 8 heteroatoms. The second-order valence-electron chi connectivity index (χ2n) is 6.53.